The van der Waals surface area contributed by atoms with Crippen LogP contribution in [0.4, 0.5) is 19.0 Å². The lowest BCUT2D eigenvalue weighted by atomic mass is 10.1. The van der Waals surface area contributed by atoms with E-state index in [9.17, 15) is 27.6 Å². The standard InChI is InChI=1S/C22H19F3N6O3/c1-12(31-11-26-18-17(31)20(33)30(3)21(34)29(18)2)19(32)28-16-6-4-5-15(27-16)13-7-9-14(10-8-13)22(23,24)25/h4-12H,1-3H3,(H,27,28,32)/t12-/m0/s1. The highest BCUT2D eigenvalue weighted by atomic mass is 19.4. The number of aromatic nitrogens is 5. The molecule has 0 aliphatic rings. The number of carbonyl (C=O) groups excluding carboxylic acids is 1. The molecule has 0 unspecified atom stereocenters. The number of imidazole rings is 1. The zero-order chi connectivity index (χ0) is 24.8. The molecule has 4 rings (SSSR count). The van der Waals surface area contributed by atoms with Gasteiger partial charge in [0.2, 0.25) is 5.91 Å². The number of carbonyl (C=O) groups is 1. The second kappa shape index (κ2) is 8.28. The number of pyridine rings is 1. The van der Waals surface area contributed by atoms with E-state index in [1.807, 2.05) is 0 Å². The minimum absolute atomic E-state index is 0.0960. The lowest BCUT2D eigenvalue weighted by Crippen LogP contribution is -2.38. The van der Waals surface area contributed by atoms with Crippen LogP contribution in [0.3, 0.4) is 0 Å². The molecular formula is C22H19F3N6O3. The summed E-state index contributed by atoms with van der Waals surface area (Å²) in [6, 6.07) is 8.39. The van der Waals surface area contributed by atoms with E-state index in [0.29, 0.717) is 11.3 Å². The first-order valence-electron chi connectivity index (χ1n) is 10.1. The molecule has 4 aromatic rings. The topological polar surface area (TPSA) is 104 Å². The Balaban J connectivity index is 1.61. The first-order chi connectivity index (χ1) is 16.0. The normalized spacial score (nSPS) is 12.6. The van der Waals surface area contributed by atoms with Crippen LogP contribution in [0.25, 0.3) is 22.4 Å². The van der Waals surface area contributed by atoms with Crippen molar-refractivity contribution < 1.29 is 18.0 Å². The van der Waals surface area contributed by atoms with Crippen molar-refractivity contribution >= 4 is 22.9 Å². The van der Waals surface area contributed by atoms with E-state index < -0.39 is 34.9 Å². The van der Waals surface area contributed by atoms with Gasteiger partial charge in [-0.05, 0) is 31.2 Å². The van der Waals surface area contributed by atoms with Gasteiger partial charge in [0.25, 0.3) is 5.56 Å². The van der Waals surface area contributed by atoms with Crippen LogP contribution in [0, 0.1) is 0 Å². The summed E-state index contributed by atoms with van der Waals surface area (Å²) in [7, 11) is 2.81. The zero-order valence-electron chi connectivity index (χ0n) is 18.3. The van der Waals surface area contributed by atoms with Crippen molar-refractivity contribution in [1.82, 2.24) is 23.7 Å². The molecule has 0 aliphatic heterocycles. The molecule has 1 atom stereocenters. The first kappa shape index (κ1) is 23.0. The number of alkyl halides is 3. The van der Waals surface area contributed by atoms with Crippen molar-refractivity contribution in [1.29, 1.82) is 0 Å². The largest absolute Gasteiger partial charge is 0.416 e. The van der Waals surface area contributed by atoms with E-state index in [1.54, 1.807) is 19.1 Å². The van der Waals surface area contributed by atoms with Crippen molar-refractivity contribution in [2.45, 2.75) is 19.1 Å². The zero-order valence-corrected chi connectivity index (χ0v) is 18.3. The average Bonchev–Trinajstić information content (AvgIpc) is 3.26. The van der Waals surface area contributed by atoms with Gasteiger partial charge >= 0.3 is 11.9 Å². The highest BCUT2D eigenvalue weighted by molar-refractivity contribution is 5.93. The number of amides is 1. The summed E-state index contributed by atoms with van der Waals surface area (Å²) in [6.45, 7) is 1.56. The molecule has 1 aromatic carbocycles. The van der Waals surface area contributed by atoms with Gasteiger partial charge in [-0.3, -0.25) is 18.7 Å². The van der Waals surface area contributed by atoms with Crippen LogP contribution in [0.15, 0.2) is 58.4 Å². The Labute approximate surface area is 190 Å². The monoisotopic (exact) mass is 472 g/mol. The van der Waals surface area contributed by atoms with Gasteiger partial charge in [-0.15, -0.1) is 0 Å². The summed E-state index contributed by atoms with van der Waals surface area (Å²) < 4.78 is 41.9. The Bertz CT molecular complexity index is 1520. The first-order valence-corrected chi connectivity index (χ1v) is 10.1. The molecule has 0 saturated heterocycles. The Kier molecular flexibility index (Phi) is 5.59. The van der Waals surface area contributed by atoms with Gasteiger partial charge in [0.1, 0.15) is 11.9 Å². The van der Waals surface area contributed by atoms with Crippen molar-refractivity contribution in [2.24, 2.45) is 14.1 Å². The summed E-state index contributed by atoms with van der Waals surface area (Å²) in [5.41, 5.74) is -0.834. The third kappa shape index (κ3) is 3.98. The predicted octanol–water partition coefficient (Wildman–Crippen LogP) is 2.71. The Morgan fingerprint density at radius 1 is 1.03 bits per heavy atom. The second-order valence-electron chi connectivity index (χ2n) is 7.68. The highest BCUT2D eigenvalue weighted by Gasteiger charge is 2.30. The number of fused-ring (bicyclic) bond motifs is 1. The fraction of sp³-hybridized carbons (Fsp3) is 0.227. The molecule has 0 aliphatic carbocycles. The van der Waals surface area contributed by atoms with Crippen LogP contribution in [-0.2, 0) is 25.1 Å². The van der Waals surface area contributed by atoms with Crippen LogP contribution in [-0.4, -0.2) is 29.6 Å². The molecule has 9 nitrogen and oxygen atoms in total. The Morgan fingerprint density at radius 2 is 1.71 bits per heavy atom. The minimum atomic E-state index is -4.44. The van der Waals surface area contributed by atoms with E-state index in [1.165, 1.54) is 47.8 Å². The molecule has 0 radical (unpaired) electrons. The summed E-state index contributed by atoms with van der Waals surface area (Å²) >= 11 is 0. The molecule has 0 spiro atoms. The van der Waals surface area contributed by atoms with Crippen LogP contribution < -0.4 is 16.6 Å². The average molecular weight is 472 g/mol. The Hall–Kier alpha value is -4.22. The number of nitrogens with one attached hydrogen (secondary N) is 1. The molecular weight excluding hydrogens is 453 g/mol. The number of hydrogen-bond donors (Lipinski definition) is 1. The smallest absolute Gasteiger partial charge is 0.312 e. The molecule has 3 heterocycles. The molecule has 0 fully saturated rings. The SMILES string of the molecule is C[C@@H](C(=O)Nc1cccc(-c2ccc(C(F)(F)F)cc2)n1)n1cnc2c1c(=O)n(C)c(=O)n2C. The maximum absolute atomic E-state index is 12.9. The van der Waals surface area contributed by atoms with Crippen LogP contribution in [0.5, 0.6) is 0 Å². The van der Waals surface area contributed by atoms with E-state index in [-0.39, 0.29) is 17.0 Å². The van der Waals surface area contributed by atoms with Gasteiger partial charge in [-0.2, -0.15) is 13.2 Å². The number of aryl methyl sites for hydroxylation is 1. The molecule has 1 amide bonds. The highest BCUT2D eigenvalue weighted by Crippen LogP contribution is 2.30. The third-order valence-corrected chi connectivity index (χ3v) is 5.48. The van der Waals surface area contributed by atoms with Crippen molar-refractivity contribution in [3.63, 3.8) is 0 Å². The van der Waals surface area contributed by atoms with Gasteiger partial charge < -0.3 is 9.88 Å². The fourth-order valence-corrected chi connectivity index (χ4v) is 3.51. The van der Waals surface area contributed by atoms with Gasteiger partial charge in [0.15, 0.2) is 11.2 Å². The lowest BCUT2D eigenvalue weighted by Gasteiger charge is -2.15. The van der Waals surface area contributed by atoms with Gasteiger partial charge in [0.05, 0.1) is 17.6 Å². The van der Waals surface area contributed by atoms with Crippen LogP contribution in [0.1, 0.15) is 18.5 Å². The number of hydrogen-bond acceptors (Lipinski definition) is 5. The number of halogens is 3. The number of anilines is 1. The summed E-state index contributed by atoms with van der Waals surface area (Å²) in [6.07, 6.45) is -3.13. The van der Waals surface area contributed by atoms with Gasteiger partial charge in [-0.25, -0.2) is 14.8 Å². The minimum Gasteiger partial charge on any atom is -0.312 e. The van der Waals surface area contributed by atoms with E-state index in [4.69, 9.17) is 0 Å². The molecule has 0 saturated carbocycles. The summed E-state index contributed by atoms with van der Waals surface area (Å²) in [5, 5.41) is 2.64. The van der Waals surface area contributed by atoms with E-state index in [2.05, 4.69) is 15.3 Å². The summed E-state index contributed by atoms with van der Waals surface area (Å²) in [5.74, 6) is -0.328. The van der Waals surface area contributed by atoms with E-state index in [0.717, 1.165) is 16.7 Å². The van der Waals surface area contributed by atoms with Crippen LogP contribution >= 0.6 is 0 Å². The molecule has 1 N–H and O–H groups in total. The molecule has 12 heteroatoms. The number of nitrogens with zero attached hydrogens (tertiary/aromatic N) is 5. The van der Waals surface area contributed by atoms with Gasteiger partial charge in [-0.1, -0.05) is 18.2 Å². The van der Waals surface area contributed by atoms with Crippen molar-refractivity contribution in [2.75, 3.05) is 5.32 Å². The molecule has 176 valence electrons. The second-order valence-corrected chi connectivity index (χ2v) is 7.68. The van der Waals surface area contributed by atoms with E-state index >= 15 is 0 Å². The lowest BCUT2D eigenvalue weighted by molar-refractivity contribution is -0.137. The predicted molar refractivity (Wildman–Crippen MR) is 118 cm³/mol. The van der Waals surface area contributed by atoms with Crippen molar-refractivity contribution in [3.05, 3.63) is 75.2 Å². The van der Waals surface area contributed by atoms with Gasteiger partial charge in [0, 0.05) is 19.7 Å². The maximum atomic E-state index is 12.9. The quantitative estimate of drug-likeness (QED) is 0.492. The molecule has 34 heavy (non-hydrogen) atoms. The fourth-order valence-electron chi connectivity index (χ4n) is 3.51. The third-order valence-electron chi connectivity index (χ3n) is 5.48. The summed E-state index contributed by atoms with van der Waals surface area (Å²) in [4.78, 5) is 46.1. The number of rotatable bonds is 4. The maximum Gasteiger partial charge on any atom is 0.416 e. The van der Waals surface area contributed by atoms with Crippen LogP contribution in [0.2, 0.25) is 0 Å². The molecule has 0 bridgehead atoms. The Morgan fingerprint density at radius 3 is 2.35 bits per heavy atom. The van der Waals surface area contributed by atoms with Crippen molar-refractivity contribution in [3.8, 4) is 11.3 Å². The number of benzene rings is 1. The molecule has 3 aromatic heterocycles.